The number of amides is 1. The fourth-order valence-electron chi connectivity index (χ4n) is 2.65. The van der Waals surface area contributed by atoms with Crippen molar-refractivity contribution >= 4 is 11.9 Å². The van der Waals surface area contributed by atoms with E-state index < -0.39 is 5.97 Å². The zero-order valence-electron chi connectivity index (χ0n) is 16.5. The number of nitrogens with zero attached hydrogens (tertiary/aromatic N) is 1. The highest BCUT2D eigenvalue weighted by atomic mass is 16.5. The first-order valence-corrected chi connectivity index (χ1v) is 8.72. The van der Waals surface area contributed by atoms with Crippen LogP contribution in [0.5, 0.6) is 5.75 Å². The number of aromatic nitrogens is 1. The molecule has 144 valence electrons. The third kappa shape index (κ3) is 5.81. The summed E-state index contributed by atoms with van der Waals surface area (Å²) in [5.74, 6) is 0.251. The van der Waals surface area contributed by atoms with Crippen molar-refractivity contribution in [3.05, 3.63) is 47.7 Å². The van der Waals surface area contributed by atoms with Gasteiger partial charge in [0.15, 0.2) is 0 Å². The zero-order chi connectivity index (χ0) is 20.0. The Labute approximate surface area is 159 Å². The minimum atomic E-state index is -0.415. The zero-order valence-corrected chi connectivity index (χ0v) is 16.5. The van der Waals surface area contributed by atoms with E-state index in [4.69, 9.17) is 9.47 Å². The van der Waals surface area contributed by atoms with Gasteiger partial charge in [-0.1, -0.05) is 20.8 Å². The summed E-state index contributed by atoms with van der Waals surface area (Å²) in [7, 11) is 2.93. The van der Waals surface area contributed by atoms with Crippen LogP contribution in [0.1, 0.15) is 43.1 Å². The standard InChI is InChI=1S/C21H26N2O4/c1-21(2,3)12-19(24)23-13-16-10-14(6-7-18(16)26-4)17-11-15(8-9-22-17)20(25)27-5/h6-11H,12-13H2,1-5H3,(H,23,24). The van der Waals surface area contributed by atoms with Gasteiger partial charge in [0.05, 0.1) is 25.5 Å². The number of methoxy groups -OCH3 is 2. The highest BCUT2D eigenvalue weighted by molar-refractivity contribution is 5.90. The molecule has 0 aliphatic heterocycles. The van der Waals surface area contributed by atoms with Crippen molar-refractivity contribution in [2.24, 2.45) is 5.41 Å². The second kappa shape index (κ2) is 8.66. The highest BCUT2D eigenvalue weighted by Crippen LogP contribution is 2.26. The number of carbonyl (C=O) groups is 2. The molecule has 0 aliphatic rings. The molecule has 1 aromatic carbocycles. The van der Waals surface area contributed by atoms with E-state index in [1.165, 1.54) is 7.11 Å². The van der Waals surface area contributed by atoms with Crippen LogP contribution < -0.4 is 10.1 Å². The third-order valence-corrected chi connectivity index (χ3v) is 3.92. The molecule has 2 aromatic rings. The maximum atomic E-state index is 12.1. The lowest BCUT2D eigenvalue weighted by Gasteiger charge is -2.18. The molecule has 0 radical (unpaired) electrons. The number of nitrogens with one attached hydrogen (secondary N) is 1. The Hall–Kier alpha value is -2.89. The van der Waals surface area contributed by atoms with Crippen molar-refractivity contribution in [1.29, 1.82) is 0 Å². The van der Waals surface area contributed by atoms with Gasteiger partial charge in [0.25, 0.3) is 0 Å². The molecule has 6 nitrogen and oxygen atoms in total. The van der Waals surface area contributed by atoms with Crippen LogP contribution in [0.15, 0.2) is 36.5 Å². The Balaban J connectivity index is 2.25. The van der Waals surface area contributed by atoms with Crippen molar-refractivity contribution in [2.45, 2.75) is 33.7 Å². The Morgan fingerprint density at radius 2 is 1.85 bits per heavy atom. The SMILES string of the molecule is COC(=O)c1ccnc(-c2ccc(OC)c(CNC(=O)CC(C)(C)C)c2)c1. The predicted octanol–water partition coefficient (Wildman–Crippen LogP) is 3.60. The van der Waals surface area contributed by atoms with E-state index in [-0.39, 0.29) is 11.3 Å². The molecule has 0 saturated carbocycles. The topological polar surface area (TPSA) is 77.5 Å². The second-order valence-electron chi connectivity index (χ2n) is 7.46. The molecule has 1 N–H and O–H groups in total. The van der Waals surface area contributed by atoms with E-state index in [1.54, 1.807) is 25.4 Å². The van der Waals surface area contributed by atoms with Gasteiger partial charge in [-0.3, -0.25) is 9.78 Å². The minimum Gasteiger partial charge on any atom is -0.496 e. The fraction of sp³-hybridized carbons (Fsp3) is 0.381. The second-order valence-corrected chi connectivity index (χ2v) is 7.46. The van der Waals surface area contributed by atoms with Gasteiger partial charge in [-0.2, -0.15) is 0 Å². The average Bonchev–Trinajstić information content (AvgIpc) is 2.64. The molecular formula is C21H26N2O4. The lowest BCUT2D eigenvalue weighted by atomic mass is 9.92. The summed E-state index contributed by atoms with van der Waals surface area (Å²) in [6.07, 6.45) is 2.01. The van der Waals surface area contributed by atoms with Gasteiger partial charge < -0.3 is 14.8 Å². The Kier molecular flexibility index (Phi) is 6.55. The first-order valence-electron chi connectivity index (χ1n) is 8.72. The van der Waals surface area contributed by atoms with Crippen LogP contribution in [0.2, 0.25) is 0 Å². The van der Waals surface area contributed by atoms with E-state index in [2.05, 4.69) is 10.3 Å². The molecule has 6 heteroatoms. The quantitative estimate of drug-likeness (QED) is 0.786. The molecule has 1 heterocycles. The molecule has 1 amide bonds. The van der Waals surface area contributed by atoms with Crippen LogP contribution >= 0.6 is 0 Å². The number of carbonyl (C=O) groups excluding carboxylic acids is 2. The summed E-state index contributed by atoms with van der Waals surface area (Å²) < 4.78 is 10.2. The van der Waals surface area contributed by atoms with Gasteiger partial charge in [0, 0.05) is 30.3 Å². The predicted molar refractivity (Wildman–Crippen MR) is 103 cm³/mol. The molecule has 0 spiro atoms. The molecule has 2 rings (SSSR count). The minimum absolute atomic E-state index is 0.0132. The first kappa shape index (κ1) is 20.4. The van der Waals surface area contributed by atoms with Crippen molar-refractivity contribution in [3.8, 4) is 17.0 Å². The van der Waals surface area contributed by atoms with Gasteiger partial charge >= 0.3 is 5.97 Å². The normalized spacial score (nSPS) is 11.0. The van der Waals surface area contributed by atoms with Crippen LogP contribution in [-0.4, -0.2) is 31.1 Å². The number of ether oxygens (including phenoxy) is 2. The Bertz CT molecular complexity index is 825. The van der Waals surface area contributed by atoms with Gasteiger partial charge in [0.1, 0.15) is 5.75 Å². The Morgan fingerprint density at radius 3 is 2.48 bits per heavy atom. The van der Waals surface area contributed by atoms with Gasteiger partial charge in [-0.15, -0.1) is 0 Å². The number of esters is 1. The summed E-state index contributed by atoms with van der Waals surface area (Å²) >= 11 is 0. The first-order chi connectivity index (χ1) is 12.7. The van der Waals surface area contributed by atoms with Gasteiger partial charge in [-0.05, 0) is 35.7 Å². The van der Waals surface area contributed by atoms with Crippen molar-refractivity contribution in [2.75, 3.05) is 14.2 Å². The molecule has 0 fully saturated rings. The number of pyridine rings is 1. The van der Waals surface area contributed by atoms with Crippen LogP contribution in [0, 0.1) is 5.41 Å². The van der Waals surface area contributed by atoms with Crippen LogP contribution in [0.3, 0.4) is 0 Å². The fourth-order valence-corrected chi connectivity index (χ4v) is 2.65. The van der Waals surface area contributed by atoms with E-state index >= 15 is 0 Å². The van der Waals surface area contributed by atoms with Crippen LogP contribution in [0.25, 0.3) is 11.3 Å². The molecule has 1 aromatic heterocycles. The lowest BCUT2D eigenvalue weighted by Crippen LogP contribution is -2.27. The average molecular weight is 370 g/mol. The molecule has 0 saturated heterocycles. The number of rotatable bonds is 6. The number of benzene rings is 1. The van der Waals surface area contributed by atoms with Gasteiger partial charge in [0.2, 0.25) is 5.91 Å². The molecule has 27 heavy (non-hydrogen) atoms. The molecule has 0 bridgehead atoms. The summed E-state index contributed by atoms with van der Waals surface area (Å²) in [4.78, 5) is 28.2. The molecule has 0 unspecified atom stereocenters. The van der Waals surface area contributed by atoms with E-state index in [9.17, 15) is 9.59 Å². The summed E-state index contributed by atoms with van der Waals surface area (Å²) in [5.41, 5.74) is 2.65. The molecular weight excluding hydrogens is 344 g/mol. The summed E-state index contributed by atoms with van der Waals surface area (Å²) in [6.45, 7) is 6.41. The highest BCUT2D eigenvalue weighted by Gasteiger charge is 2.16. The van der Waals surface area contributed by atoms with Crippen LogP contribution in [0.4, 0.5) is 0 Å². The van der Waals surface area contributed by atoms with E-state index in [0.29, 0.717) is 30.0 Å². The van der Waals surface area contributed by atoms with Crippen molar-refractivity contribution < 1.29 is 19.1 Å². The van der Waals surface area contributed by atoms with E-state index in [0.717, 1.165) is 11.1 Å². The molecule has 0 aliphatic carbocycles. The van der Waals surface area contributed by atoms with Gasteiger partial charge in [-0.25, -0.2) is 4.79 Å². The maximum absolute atomic E-state index is 12.1. The maximum Gasteiger partial charge on any atom is 0.337 e. The third-order valence-electron chi connectivity index (χ3n) is 3.92. The van der Waals surface area contributed by atoms with E-state index in [1.807, 2.05) is 39.0 Å². The smallest absolute Gasteiger partial charge is 0.337 e. The lowest BCUT2D eigenvalue weighted by molar-refractivity contribution is -0.122. The van der Waals surface area contributed by atoms with Crippen molar-refractivity contribution in [1.82, 2.24) is 10.3 Å². The number of hydrogen-bond donors (Lipinski definition) is 1. The van der Waals surface area contributed by atoms with Crippen LogP contribution in [-0.2, 0) is 16.1 Å². The summed E-state index contributed by atoms with van der Waals surface area (Å²) in [5, 5.41) is 2.93. The number of hydrogen-bond acceptors (Lipinski definition) is 5. The largest absolute Gasteiger partial charge is 0.496 e. The molecule has 0 atom stereocenters. The van der Waals surface area contributed by atoms with Crippen molar-refractivity contribution in [3.63, 3.8) is 0 Å². The monoisotopic (exact) mass is 370 g/mol. The summed E-state index contributed by atoms with van der Waals surface area (Å²) in [6, 6.07) is 8.87. The Morgan fingerprint density at radius 1 is 1.11 bits per heavy atom.